The Morgan fingerprint density at radius 2 is 2.08 bits per heavy atom. The number of nitrogens with zero attached hydrogens (tertiary/aromatic N) is 2. The third-order valence-corrected chi connectivity index (χ3v) is 5.31. The second-order valence-corrected chi connectivity index (χ2v) is 7.28. The van der Waals surface area contributed by atoms with Crippen molar-refractivity contribution in [2.45, 2.75) is 56.7 Å². The topological polar surface area (TPSA) is 80.8 Å². The molecule has 3 fully saturated rings. The van der Waals surface area contributed by atoms with Crippen LogP contribution in [-0.4, -0.2) is 59.7 Å². The van der Waals surface area contributed by atoms with Crippen LogP contribution in [0.25, 0.3) is 0 Å². The number of rotatable bonds is 5. The third-order valence-electron chi connectivity index (χ3n) is 5.31. The molecule has 0 spiro atoms. The van der Waals surface area contributed by atoms with Gasteiger partial charge in [0.15, 0.2) is 6.61 Å². The number of fused-ring (bicyclic) bond motifs is 1. The molecule has 1 saturated heterocycles. The molecule has 2 heterocycles. The molecule has 1 aromatic heterocycles. The lowest BCUT2D eigenvalue weighted by atomic mass is 9.90. The van der Waals surface area contributed by atoms with Gasteiger partial charge in [0.2, 0.25) is 0 Å². The molecular weight excluding hydrogens is 334 g/mol. The number of hydrogen-bond donors (Lipinski definition) is 1. The Labute approximate surface area is 153 Å². The minimum Gasteiger partial charge on any atom is -0.452 e. The highest BCUT2D eigenvalue weighted by Crippen LogP contribution is 2.28. The second-order valence-electron chi connectivity index (χ2n) is 7.28. The van der Waals surface area contributed by atoms with E-state index in [9.17, 15) is 9.59 Å². The average Bonchev–Trinajstić information content (AvgIpc) is 3.50. The van der Waals surface area contributed by atoms with Gasteiger partial charge < -0.3 is 19.7 Å². The van der Waals surface area contributed by atoms with Gasteiger partial charge in [-0.1, -0.05) is 12.8 Å². The normalized spacial score (nSPS) is 25.3. The molecule has 7 nitrogen and oxygen atoms in total. The van der Waals surface area contributed by atoms with Crippen LogP contribution in [0, 0.1) is 0 Å². The number of esters is 1. The molecule has 0 bridgehead atoms. The molecule has 4 rings (SSSR count). The lowest BCUT2D eigenvalue weighted by molar-refractivity contribution is -0.152. The quantitative estimate of drug-likeness (QED) is 0.810. The fourth-order valence-electron chi connectivity index (χ4n) is 3.74. The third kappa shape index (κ3) is 3.98. The summed E-state index contributed by atoms with van der Waals surface area (Å²) in [7, 11) is 0. The molecule has 140 valence electrons. The summed E-state index contributed by atoms with van der Waals surface area (Å²) in [6, 6.07) is 4.08. The Hall–Kier alpha value is -2.15. The first kappa shape index (κ1) is 17.3. The maximum Gasteiger partial charge on any atom is 0.340 e. The molecule has 3 aliphatic rings. The number of ether oxygens (including phenoxy) is 2. The number of hydrogen-bond acceptors (Lipinski definition) is 6. The molecule has 26 heavy (non-hydrogen) atoms. The zero-order valence-electron chi connectivity index (χ0n) is 14.9. The Balaban J connectivity index is 1.29. The van der Waals surface area contributed by atoms with Gasteiger partial charge in [-0.25, -0.2) is 9.78 Å². The largest absolute Gasteiger partial charge is 0.452 e. The van der Waals surface area contributed by atoms with Crippen LogP contribution >= 0.6 is 0 Å². The number of anilines is 1. The number of morpholine rings is 1. The summed E-state index contributed by atoms with van der Waals surface area (Å²) in [5.74, 6) is 0.104. The number of carbonyl (C=O) groups is 2. The van der Waals surface area contributed by atoms with Gasteiger partial charge in [-0.3, -0.25) is 4.79 Å². The van der Waals surface area contributed by atoms with E-state index in [1.807, 2.05) is 4.90 Å². The van der Waals surface area contributed by atoms with Crippen molar-refractivity contribution in [3.63, 3.8) is 0 Å². The summed E-state index contributed by atoms with van der Waals surface area (Å²) < 4.78 is 11.0. The highest BCUT2D eigenvalue weighted by atomic mass is 16.5. The van der Waals surface area contributed by atoms with Gasteiger partial charge in [0, 0.05) is 18.8 Å². The first-order valence-electron chi connectivity index (χ1n) is 9.51. The van der Waals surface area contributed by atoms with Crippen LogP contribution in [0.15, 0.2) is 18.3 Å². The lowest BCUT2D eigenvalue weighted by Crippen LogP contribution is -2.55. The van der Waals surface area contributed by atoms with Crippen molar-refractivity contribution in [2.24, 2.45) is 0 Å². The Morgan fingerprint density at radius 1 is 1.23 bits per heavy atom. The van der Waals surface area contributed by atoms with Crippen molar-refractivity contribution in [1.29, 1.82) is 0 Å². The van der Waals surface area contributed by atoms with Crippen molar-refractivity contribution in [3.05, 3.63) is 23.9 Å². The molecule has 1 N–H and O–H groups in total. The number of carbonyl (C=O) groups excluding carboxylic acids is 2. The van der Waals surface area contributed by atoms with Crippen LogP contribution in [0.5, 0.6) is 0 Å². The van der Waals surface area contributed by atoms with Crippen LogP contribution in [0.2, 0.25) is 0 Å². The number of pyridine rings is 1. The maximum absolute atomic E-state index is 12.5. The van der Waals surface area contributed by atoms with E-state index in [0.29, 0.717) is 24.8 Å². The van der Waals surface area contributed by atoms with Crippen molar-refractivity contribution in [3.8, 4) is 0 Å². The van der Waals surface area contributed by atoms with Gasteiger partial charge in [0.05, 0.1) is 24.3 Å². The van der Waals surface area contributed by atoms with Crippen molar-refractivity contribution in [1.82, 2.24) is 9.88 Å². The molecule has 1 amide bonds. The van der Waals surface area contributed by atoms with E-state index in [1.54, 1.807) is 12.1 Å². The Morgan fingerprint density at radius 3 is 2.85 bits per heavy atom. The highest BCUT2D eigenvalue weighted by molar-refractivity contribution is 5.91. The first-order chi connectivity index (χ1) is 12.7. The fraction of sp³-hybridized carbons (Fsp3) is 0.632. The predicted molar refractivity (Wildman–Crippen MR) is 94.9 cm³/mol. The second kappa shape index (κ2) is 7.61. The Bertz CT molecular complexity index is 657. The Kier molecular flexibility index (Phi) is 5.06. The molecule has 7 heteroatoms. The van der Waals surface area contributed by atoms with E-state index >= 15 is 0 Å². The van der Waals surface area contributed by atoms with Crippen LogP contribution in [0.4, 0.5) is 5.82 Å². The van der Waals surface area contributed by atoms with Crippen LogP contribution in [0.1, 0.15) is 48.9 Å². The predicted octanol–water partition coefficient (Wildman–Crippen LogP) is 1.98. The van der Waals surface area contributed by atoms with Crippen molar-refractivity contribution < 1.29 is 19.1 Å². The summed E-state index contributed by atoms with van der Waals surface area (Å²) >= 11 is 0. The van der Waals surface area contributed by atoms with E-state index in [4.69, 9.17) is 9.47 Å². The van der Waals surface area contributed by atoms with Gasteiger partial charge >= 0.3 is 5.97 Å². The summed E-state index contributed by atoms with van der Waals surface area (Å²) in [5, 5.41) is 3.27. The molecule has 2 atom stereocenters. The monoisotopic (exact) mass is 359 g/mol. The minimum atomic E-state index is -0.516. The number of nitrogens with one attached hydrogen (secondary N) is 1. The molecule has 2 saturated carbocycles. The van der Waals surface area contributed by atoms with Gasteiger partial charge in [0.1, 0.15) is 5.82 Å². The molecule has 0 unspecified atom stereocenters. The highest BCUT2D eigenvalue weighted by Gasteiger charge is 2.36. The molecular formula is C19H25N3O4. The molecule has 0 aromatic carbocycles. The van der Waals surface area contributed by atoms with Crippen molar-refractivity contribution in [2.75, 3.05) is 25.1 Å². The number of aromatic nitrogens is 1. The summed E-state index contributed by atoms with van der Waals surface area (Å²) in [5.41, 5.74) is 0.358. The smallest absolute Gasteiger partial charge is 0.340 e. The number of amides is 1. The van der Waals surface area contributed by atoms with Crippen LogP contribution in [0.3, 0.4) is 0 Å². The van der Waals surface area contributed by atoms with E-state index in [2.05, 4.69) is 10.3 Å². The first-order valence-corrected chi connectivity index (χ1v) is 9.51. The van der Waals surface area contributed by atoms with Crippen molar-refractivity contribution >= 4 is 17.7 Å². The van der Waals surface area contributed by atoms with Gasteiger partial charge in [-0.05, 0) is 37.8 Å². The van der Waals surface area contributed by atoms with E-state index in [0.717, 1.165) is 44.3 Å². The average molecular weight is 359 g/mol. The van der Waals surface area contributed by atoms with Gasteiger partial charge in [0.25, 0.3) is 5.91 Å². The van der Waals surface area contributed by atoms with E-state index < -0.39 is 5.97 Å². The minimum absolute atomic E-state index is 0.123. The lowest BCUT2D eigenvalue weighted by Gasteiger charge is -2.43. The zero-order chi connectivity index (χ0) is 17.9. The summed E-state index contributed by atoms with van der Waals surface area (Å²) in [4.78, 5) is 30.8. The summed E-state index contributed by atoms with van der Waals surface area (Å²) in [6.45, 7) is 0.894. The van der Waals surface area contributed by atoms with E-state index in [1.165, 1.54) is 6.20 Å². The molecule has 0 radical (unpaired) electrons. The van der Waals surface area contributed by atoms with Crippen LogP contribution in [-0.2, 0) is 14.3 Å². The van der Waals surface area contributed by atoms with Crippen LogP contribution < -0.4 is 5.32 Å². The van der Waals surface area contributed by atoms with Gasteiger partial charge in [-0.2, -0.15) is 0 Å². The zero-order valence-corrected chi connectivity index (χ0v) is 14.9. The SMILES string of the molecule is O=C(OCC(=O)N1CCO[C@H]2CCCC[C@@H]21)c1ccc(NC2CC2)nc1. The summed E-state index contributed by atoms with van der Waals surface area (Å²) in [6.07, 6.45) is 8.17. The standard InChI is InChI=1S/C19H25N3O4/c23-18(22-9-10-25-16-4-2-1-3-15(16)22)12-26-19(24)13-5-8-17(20-11-13)21-14-6-7-14/h5,8,11,14-16H,1-4,6-7,9-10,12H2,(H,20,21)/t15-,16-/m0/s1. The van der Waals surface area contributed by atoms with E-state index in [-0.39, 0.29) is 24.7 Å². The molecule has 2 aliphatic carbocycles. The van der Waals surface area contributed by atoms with Gasteiger partial charge in [-0.15, -0.1) is 0 Å². The maximum atomic E-state index is 12.5. The molecule has 1 aromatic rings. The molecule has 1 aliphatic heterocycles. The fourth-order valence-corrected chi connectivity index (χ4v) is 3.74.